The summed E-state index contributed by atoms with van der Waals surface area (Å²) in [5.41, 5.74) is 6.02. The monoisotopic (exact) mass is 222 g/mol. The Balaban J connectivity index is 2.14. The molecule has 0 unspecified atom stereocenters. The van der Waals surface area contributed by atoms with Crippen molar-refractivity contribution in [2.45, 2.75) is 26.7 Å². The molecule has 0 radical (unpaired) electrons. The maximum Gasteiger partial charge on any atom is 0.219 e. The Labute approximate surface area is 92.8 Å². The van der Waals surface area contributed by atoms with E-state index in [2.05, 4.69) is 20.3 Å². The van der Waals surface area contributed by atoms with Gasteiger partial charge in [-0.15, -0.1) is 0 Å². The van der Waals surface area contributed by atoms with Gasteiger partial charge in [0.1, 0.15) is 0 Å². The molecule has 0 aliphatic heterocycles. The van der Waals surface area contributed by atoms with Gasteiger partial charge in [0, 0.05) is 17.2 Å². The number of hydrogen-bond donors (Lipinski definition) is 2. The van der Waals surface area contributed by atoms with Crippen LogP contribution in [0.3, 0.4) is 0 Å². The zero-order chi connectivity index (χ0) is 11.8. The number of aromatic nitrogens is 2. The lowest BCUT2D eigenvalue weighted by Gasteiger charge is -2.26. The molecule has 0 amide bonds. The molecule has 1 aromatic rings. The van der Waals surface area contributed by atoms with Crippen molar-refractivity contribution in [2.24, 2.45) is 5.41 Å². The lowest BCUT2D eigenvalue weighted by Crippen LogP contribution is -2.27. The fourth-order valence-corrected chi connectivity index (χ4v) is 1.53. The minimum Gasteiger partial charge on any atom is -0.378 e. The van der Waals surface area contributed by atoms with E-state index in [1.807, 2.05) is 13.8 Å². The molecular weight excluding hydrogens is 208 g/mol. The molecule has 0 saturated carbocycles. The summed E-state index contributed by atoms with van der Waals surface area (Å²) >= 11 is 0. The lowest BCUT2D eigenvalue weighted by molar-refractivity contribution is -0.123. The maximum atomic E-state index is 11.7. The zero-order valence-corrected chi connectivity index (χ0v) is 9.28. The molecule has 6 nitrogen and oxygen atoms in total. The summed E-state index contributed by atoms with van der Waals surface area (Å²) in [7, 11) is 0. The van der Waals surface area contributed by atoms with Crippen molar-refractivity contribution >= 4 is 17.4 Å². The summed E-state index contributed by atoms with van der Waals surface area (Å²) in [6, 6.07) is 0. The second kappa shape index (κ2) is 3.62. The van der Waals surface area contributed by atoms with Gasteiger partial charge in [-0.2, -0.15) is 0 Å². The molecule has 0 atom stereocenters. The summed E-state index contributed by atoms with van der Waals surface area (Å²) in [4.78, 5) is 11.7. The molecule has 1 aliphatic rings. The molecular formula is C10H14N4O2. The van der Waals surface area contributed by atoms with E-state index in [0.29, 0.717) is 5.82 Å². The van der Waals surface area contributed by atoms with E-state index < -0.39 is 0 Å². The van der Waals surface area contributed by atoms with Crippen LogP contribution in [0, 0.1) is 5.41 Å². The van der Waals surface area contributed by atoms with Gasteiger partial charge in [-0.3, -0.25) is 4.79 Å². The number of nitrogens with zero attached hydrogens (tertiary/aromatic N) is 2. The van der Waals surface area contributed by atoms with Crippen molar-refractivity contribution in [2.75, 3.05) is 11.1 Å². The van der Waals surface area contributed by atoms with Crippen molar-refractivity contribution in [3.8, 4) is 0 Å². The first-order valence-corrected chi connectivity index (χ1v) is 5.09. The maximum absolute atomic E-state index is 11.7. The third-order valence-corrected chi connectivity index (χ3v) is 2.78. The van der Waals surface area contributed by atoms with E-state index >= 15 is 0 Å². The highest BCUT2D eigenvalue weighted by molar-refractivity contribution is 5.96. The highest BCUT2D eigenvalue weighted by atomic mass is 16.6. The van der Waals surface area contributed by atoms with Crippen molar-refractivity contribution < 1.29 is 9.42 Å². The second-order valence-electron chi connectivity index (χ2n) is 4.54. The Kier molecular flexibility index (Phi) is 2.41. The first-order chi connectivity index (χ1) is 7.49. The molecule has 0 saturated heterocycles. The Morgan fingerprint density at radius 3 is 2.81 bits per heavy atom. The molecule has 16 heavy (non-hydrogen) atoms. The van der Waals surface area contributed by atoms with Crippen LogP contribution >= 0.6 is 0 Å². The van der Waals surface area contributed by atoms with Crippen LogP contribution in [0.5, 0.6) is 0 Å². The minimum absolute atomic E-state index is 0.108. The number of nitrogen functional groups attached to an aromatic ring is 1. The molecule has 0 aromatic carbocycles. The number of rotatable bonds is 2. The van der Waals surface area contributed by atoms with Crippen LogP contribution in [-0.4, -0.2) is 16.1 Å². The number of anilines is 2. The van der Waals surface area contributed by atoms with Gasteiger partial charge in [-0.25, -0.2) is 4.63 Å². The normalized spacial score (nSPS) is 19.4. The highest BCUT2D eigenvalue weighted by Gasteiger charge is 2.30. The molecule has 0 spiro atoms. The zero-order valence-electron chi connectivity index (χ0n) is 9.28. The first kappa shape index (κ1) is 10.7. The molecule has 3 N–H and O–H groups in total. The van der Waals surface area contributed by atoms with Crippen LogP contribution in [0.2, 0.25) is 0 Å². The van der Waals surface area contributed by atoms with E-state index in [4.69, 9.17) is 5.73 Å². The van der Waals surface area contributed by atoms with Crippen molar-refractivity contribution in [3.63, 3.8) is 0 Å². The van der Waals surface area contributed by atoms with Gasteiger partial charge in [0.15, 0.2) is 5.78 Å². The van der Waals surface area contributed by atoms with Crippen LogP contribution in [-0.2, 0) is 4.79 Å². The van der Waals surface area contributed by atoms with E-state index in [0.717, 1.165) is 18.5 Å². The third kappa shape index (κ3) is 1.91. The Morgan fingerprint density at radius 1 is 1.50 bits per heavy atom. The first-order valence-electron chi connectivity index (χ1n) is 5.09. The van der Waals surface area contributed by atoms with Crippen molar-refractivity contribution in [3.05, 3.63) is 11.8 Å². The van der Waals surface area contributed by atoms with Gasteiger partial charge < -0.3 is 11.1 Å². The molecule has 6 heteroatoms. The summed E-state index contributed by atoms with van der Waals surface area (Å²) in [5.74, 6) is 0.660. The SMILES string of the molecule is CC1(C)CCC(Nc2nonc2N)=CC1=O. The number of carbonyl (C=O) groups excluding carboxylic acids is 1. The second-order valence-corrected chi connectivity index (χ2v) is 4.54. The van der Waals surface area contributed by atoms with Gasteiger partial charge in [0.25, 0.3) is 0 Å². The van der Waals surface area contributed by atoms with Crippen molar-refractivity contribution in [1.82, 2.24) is 10.3 Å². The van der Waals surface area contributed by atoms with E-state index in [-0.39, 0.29) is 17.0 Å². The standard InChI is InChI=1S/C10H14N4O2/c1-10(2)4-3-6(5-7(10)15)12-9-8(11)13-16-14-9/h5H,3-4H2,1-2H3,(H2,11,13)(H,12,14). The molecule has 1 aliphatic carbocycles. The average Bonchev–Trinajstić information content (AvgIpc) is 2.59. The molecule has 1 aromatic heterocycles. The lowest BCUT2D eigenvalue weighted by atomic mass is 9.79. The number of allylic oxidation sites excluding steroid dienone is 2. The fraction of sp³-hybridized carbons (Fsp3) is 0.500. The number of carbonyl (C=O) groups is 1. The van der Waals surface area contributed by atoms with E-state index in [1.54, 1.807) is 6.08 Å². The van der Waals surface area contributed by atoms with Gasteiger partial charge in [-0.1, -0.05) is 13.8 Å². The molecule has 0 fully saturated rings. The topological polar surface area (TPSA) is 94.0 Å². The van der Waals surface area contributed by atoms with Crippen LogP contribution in [0.15, 0.2) is 16.4 Å². The quantitative estimate of drug-likeness (QED) is 0.784. The molecule has 0 bridgehead atoms. The highest BCUT2D eigenvalue weighted by Crippen LogP contribution is 2.32. The van der Waals surface area contributed by atoms with Gasteiger partial charge in [-0.05, 0) is 23.2 Å². The number of hydrogen-bond acceptors (Lipinski definition) is 6. The van der Waals surface area contributed by atoms with Crippen LogP contribution in [0.4, 0.5) is 11.6 Å². The predicted octanol–water partition coefficient (Wildman–Crippen LogP) is 1.34. The van der Waals surface area contributed by atoms with Crippen LogP contribution < -0.4 is 11.1 Å². The molecule has 2 rings (SSSR count). The Bertz CT molecular complexity index is 447. The number of nitrogens with one attached hydrogen (secondary N) is 1. The van der Waals surface area contributed by atoms with Gasteiger partial charge >= 0.3 is 0 Å². The molecule has 1 heterocycles. The minimum atomic E-state index is -0.279. The Hall–Kier alpha value is -1.85. The van der Waals surface area contributed by atoms with E-state index in [9.17, 15) is 4.79 Å². The predicted molar refractivity (Wildman–Crippen MR) is 58.4 cm³/mol. The van der Waals surface area contributed by atoms with Crippen LogP contribution in [0.25, 0.3) is 0 Å². The summed E-state index contributed by atoms with van der Waals surface area (Å²) in [6.07, 6.45) is 3.18. The Morgan fingerprint density at radius 2 is 2.25 bits per heavy atom. The fourth-order valence-electron chi connectivity index (χ4n) is 1.53. The number of nitrogens with two attached hydrogens (primary N) is 1. The molecule has 86 valence electrons. The summed E-state index contributed by atoms with van der Waals surface area (Å²) < 4.78 is 4.45. The summed E-state index contributed by atoms with van der Waals surface area (Å²) in [6.45, 7) is 3.88. The largest absolute Gasteiger partial charge is 0.378 e. The number of ketones is 1. The smallest absolute Gasteiger partial charge is 0.219 e. The third-order valence-electron chi connectivity index (χ3n) is 2.78. The van der Waals surface area contributed by atoms with Crippen LogP contribution in [0.1, 0.15) is 26.7 Å². The summed E-state index contributed by atoms with van der Waals surface area (Å²) in [5, 5.41) is 9.99. The average molecular weight is 222 g/mol. The van der Waals surface area contributed by atoms with Crippen molar-refractivity contribution in [1.29, 1.82) is 0 Å². The van der Waals surface area contributed by atoms with Gasteiger partial charge in [0.05, 0.1) is 0 Å². The van der Waals surface area contributed by atoms with Gasteiger partial charge in [0.2, 0.25) is 11.6 Å². The van der Waals surface area contributed by atoms with E-state index in [1.165, 1.54) is 0 Å².